The van der Waals surface area contributed by atoms with E-state index in [2.05, 4.69) is 223 Å². The molecule has 0 radical (unpaired) electrons. The van der Waals surface area contributed by atoms with Gasteiger partial charge in [-0.1, -0.05) is 176 Å². The molecule has 0 aliphatic heterocycles. The maximum absolute atomic E-state index is 6.76. The monoisotopic (exact) mass is 791 g/mol. The summed E-state index contributed by atoms with van der Waals surface area (Å²) in [5.41, 5.74) is 15.7. The minimum absolute atomic E-state index is 0.553. The van der Waals surface area contributed by atoms with Crippen LogP contribution in [0.5, 0.6) is 0 Å². The van der Waals surface area contributed by atoms with Crippen LogP contribution >= 0.6 is 0 Å². The average Bonchev–Trinajstić information content (AvgIpc) is 4.01. The number of nitrogens with zero attached hydrogens (tertiary/aromatic N) is 1. The summed E-state index contributed by atoms with van der Waals surface area (Å²) < 4.78 is 13.4. The summed E-state index contributed by atoms with van der Waals surface area (Å²) in [6, 6.07) is 81.1. The van der Waals surface area contributed by atoms with E-state index >= 15 is 0 Å². The Hall–Kier alpha value is -8.14. The Bertz CT molecular complexity index is 3670. The molecule has 2 aromatic heterocycles. The number of hydrogen-bond donors (Lipinski definition) is 0. The van der Waals surface area contributed by atoms with Gasteiger partial charge in [0.1, 0.15) is 22.3 Å². The number of rotatable bonds is 6. The van der Waals surface area contributed by atoms with E-state index in [4.69, 9.17) is 8.83 Å². The lowest BCUT2D eigenvalue weighted by Crippen LogP contribution is -2.28. The smallest absolute Gasteiger partial charge is 0.143 e. The third kappa shape index (κ3) is 4.88. The molecule has 0 fully saturated rings. The van der Waals surface area contributed by atoms with Gasteiger partial charge in [0.05, 0.1) is 16.8 Å². The number of benzene rings is 10. The van der Waals surface area contributed by atoms with Gasteiger partial charge >= 0.3 is 0 Å². The van der Waals surface area contributed by atoms with Gasteiger partial charge in [0.2, 0.25) is 0 Å². The number of para-hydroxylation sites is 2. The van der Waals surface area contributed by atoms with Crippen molar-refractivity contribution < 1.29 is 8.83 Å². The zero-order valence-corrected chi connectivity index (χ0v) is 33.6. The van der Waals surface area contributed by atoms with Crippen LogP contribution in [-0.4, -0.2) is 0 Å². The van der Waals surface area contributed by atoms with Crippen molar-refractivity contribution in [1.82, 2.24) is 0 Å². The zero-order valence-electron chi connectivity index (χ0n) is 33.6. The molecule has 0 atom stereocenters. The van der Waals surface area contributed by atoms with Gasteiger partial charge in [0, 0.05) is 49.8 Å². The van der Waals surface area contributed by atoms with Gasteiger partial charge in [-0.2, -0.15) is 0 Å². The summed E-state index contributed by atoms with van der Waals surface area (Å²) in [6.45, 7) is 0. The second-order valence-electron chi connectivity index (χ2n) is 16.3. The van der Waals surface area contributed by atoms with E-state index < -0.39 is 5.41 Å². The fraction of sp³-hybridized carbons (Fsp3) is 0.0169. The standard InChI is InChI=1S/C59H37NO2/c1-3-18-39(19-4-1)59(40-20-5-2-6-21-40)49-27-12-9-25-47(49)57-50(59)28-16-30-52(57)60(41-34-36-45-44-24-11-14-31-53(44)61-55(45)37-41)51-29-13-10-23-43(51)46-26-15-32-54-56(46)48-35-33-38-17-7-8-22-42(38)58(48)62-54/h1-37H. The fourth-order valence-corrected chi connectivity index (χ4v) is 10.6. The van der Waals surface area contributed by atoms with Crippen LogP contribution in [0.15, 0.2) is 233 Å². The Kier molecular flexibility index (Phi) is 7.52. The molecule has 1 aliphatic rings. The molecule has 13 rings (SSSR count). The van der Waals surface area contributed by atoms with Crippen molar-refractivity contribution in [2.75, 3.05) is 4.90 Å². The molecule has 0 spiro atoms. The molecule has 10 aromatic carbocycles. The Balaban J connectivity index is 1.13. The predicted octanol–water partition coefficient (Wildman–Crippen LogP) is 16.1. The van der Waals surface area contributed by atoms with Gasteiger partial charge < -0.3 is 13.7 Å². The highest BCUT2D eigenvalue weighted by Crippen LogP contribution is 2.60. The van der Waals surface area contributed by atoms with Gasteiger partial charge in [-0.3, -0.25) is 0 Å². The Labute approximate surface area is 358 Å². The summed E-state index contributed by atoms with van der Waals surface area (Å²) in [5, 5.41) is 6.68. The molecule has 290 valence electrons. The summed E-state index contributed by atoms with van der Waals surface area (Å²) in [5.74, 6) is 0. The van der Waals surface area contributed by atoms with Crippen LogP contribution in [0.1, 0.15) is 22.3 Å². The molecule has 1 aliphatic carbocycles. The lowest BCUT2D eigenvalue weighted by Gasteiger charge is -2.34. The summed E-state index contributed by atoms with van der Waals surface area (Å²) in [4.78, 5) is 2.46. The second kappa shape index (κ2) is 13.4. The van der Waals surface area contributed by atoms with Crippen molar-refractivity contribution in [3.05, 3.63) is 247 Å². The number of hydrogen-bond acceptors (Lipinski definition) is 3. The van der Waals surface area contributed by atoms with E-state index in [1.54, 1.807) is 0 Å². The molecule has 12 aromatic rings. The third-order valence-corrected chi connectivity index (χ3v) is 13.1. The molecule has 0 amide bonds. The fourth-order valence-electron chi connectivity index (χ4n) is 10.6. The molecule has 3 nitrogen and oxygen atoms in total. The molecule has 0 N–H and O–H groups in total. The lowest BCUT2D eigenvalue weighted by atomic mass is 9.68. The maximum Gasteiger partial charge on any atom is 0.143 e. The van der Waals surface area contributed by atoms with Crippen LogP contribution in [0, 0.1) is 0 Å². The van der Waals surface area contributed by atoms with Crippen molar-refractivity contribution in [1.29, 1.82) is 0 Å². The van der Waals surface area contributed by atoms with Crippen LogP contribution in [0.25, 0.3) is 76.9 Å². The maximum atomic E-state index is 6.76. The summed E-state index contributed by atoms with van der Waals surface area (Å²) >= 11 is 0. The lowest BCUT2D eigenvalue weighted by molar-refractivity contribution is 0.669. The van der Waals surface area contributed by atoms with E-state index in [0.29, 0.717) is 0 Å². The van der Waals surface area contributed by atoms with Crippen LogP contribution in [0.3, 0.4) is 0 Å². The van der Waals surface area contributed by atoms with Crippen molar-refractivity contribution in [3.63, 3.8) is 0 Å². The minimum atomic E-state index is -0.553. The highest BCUT2D eigenvalue weighted by atomic mass is 16.3. The van der Waals surface area contributed by atoms with Crippen LogP contribution < -0.4 is 4.90 Å². The second-order valence-corrected chi connectivity index (χ2v) is 16.3. The first-order chi connectivity index (χ1) is 30.8. The molecule has 0 bridgehead atoms. The van der Waals surface area contributed by atoms with Gasteiger partial charge in [-0.15, -0.1) is 0 Å². The molecule has 0 saturated heterocycles. The van der Waals surface area contributed by atoms with Crippen molar-refractivity contribution in [2.45, 2.75) is 5.41 Å². The normalized spacial score (nSPS) is 13.0. The number of anilines is 3. The van der Waals surface area contributed by atoms with Crippen LogP contribution in [0.2, 0.25) is 0 Å². The van der Waals surface area contributed by atoms with Gasteiger partial charge in [-0.25, -0.2) is 0 Å². The Morgan fingerprint density at radius 3 is 1.79 bits per heavy atom. The first kappa shape index (κ1) is 34.7. The zero-order chi connectivity index (χ0) is 40.8. The van der Waals surface area contributed by atoms with Crippen molar-refractivity contribution >= 4 is 71.7 Å². The van der Waals surface area contributed by atoms with Gasteiger partial charge in [0.25, 0.3) is 0 Å². The largest absolute Gasteiger partial charge is 0.456 e. The summed E-state index contributed by atoms with van der Waals surface area (Å²) in [7, 11) is 0. The van der Waals surface area contributed by atoms with Crippen LogP contribution in [0.4, 0.5) is 17.1 Å². The molecule has 2 heterocycles. The van der Waals surface area contributed by atoms with E-state index in [9.17, 15) is 0 Å². The molecule has 62 heavy (non-hydrogen) atoms. The van der Waals surface area contributed by atoms with Crippen molar-refractivity contribution in [2.24, 2.45) is 0 Å². The average molecular weight is 792 g/mol. The van der Waals surface area contributed by atoms with E-state index in [-0.39, 0.29) is 0 Å². The first-order valence-corrected chi connectivity index (χ1v) is 21.3. The molecular weight excluding hydrogens is 755 g/mol. The number of fused-ring (bicyclic) bond motifs is 11. The minimum Gasteiger partial charge on any atom is -0.456 e. The molecule has 3 heteroatoms. The molecule has 0 saturated carbocycles. The highest BCUT2D eigenvalue weighted by molar-refractivity contribution is 6.20. The third-order valence-electron chi connectivity index (χ3n) is 13.1. The predicted molar refractivity (Wildman–Crippen MR) is 256 cm³/mol. The van der Waals surface area contributed by atoms with Gasteiger partial charge in [0.15, 0.2) is 0 Å². The van der Waals surface area contributed by atoms with E-state index in [0.717, 1.165) is 82.8 Å². The van der Waals surface area contributed by atoms with Crippen molar-refractivity contribution in [3.8, 4) is 22.3 Å². The Morgan fingerprint density at radius 1 is 0.355 bits per heavy atom. The van der Waals surface area contributed by atoms with E-state index in [1.807, 2.05) is 6.07 Å². The molecular formula is C59H37NO2. The Morgan fingerprint density at radius 2 is 0.952 bits per heavy atom. The van der Waals surface area contributed by atoms with Crippen LogP contribution in [-0.2, 0) is 5.41 Å². The van der Waals surface area contributed by atoms with E-state index in [1.165, 1.54) is 33.4 Å². The number of furan rings is 2. The SMILES string of the molecule is c1ccc(C2(c3ccccc3)c3ccccc3-c3c(N(c4ccc5c(c4)oc4ccccc45)c4ccccc4-c4cccc5oc6c7ccccc7ccc6c45)cccc32)cc1. The quantitative estimate of drug-likeness (QED) is 0.168. The first-order valence-electron chi connectivity index (χ1n) is 21.3. The van der Waals surface area contributed by atoms with Gasteiger partial charge in [-0.05, 0) is 81.2 Å². The summed E-state index contributed by atoms with van der Waals surface area (Å²) in [6.07, 6.45) is 0. The highest BCUT2D eigenvalue weighted by Gasteiger charge is 2.47. The topological polar surface area (TPSA) is 29.5 Å². The molecule has 0 unspecified atom stereocenters.